The van der Waals surface area contributed by atoms with E-state index in [-0.39, 0.29) is 0 Å². The summed E-state index contributed by atoms with van der Waals surface area (Å²) in [6.45, 7) is 2.12. The van der Waals surface area contributed by atoms with Gasteiger partial charge in [-0.3, -0.25) is 0 Å². The van der Waals surface area contributed by atoms with Crippen LogP contribution in [0.1, 0.15) is 31.7 Å². The number of halogens is 1. The average molecular weight is 316 g/mol. The van der Waals surface area contributed by atoms with Crippen LogP contribution in [0.15, 0.2) is 16.6 Å². The van der Waals surface area contributed by atoms with Crippen LogP contribution in [0.25, 0.3) is 0 Å². The maximum Gasteiger partial charge on any atom is 0.136 e. The Labute approximate surface area is 118 Å². The molecule has 0 aromatic heterocycles. The summed E-state index contributed by atoms with van der Waals surface area (Å²) >= 11 is 3.50. The maximum atomic E-state index is 5.92. The minimum Gasteiger partial charge on any atom is -0.496 e. The zero-order valence-electron chi connectivity index (χ0n) is 11.3. The first-order valence-electron chi connectivity index (χ1n) is 6.28. The molecular weight excluding hydrogens is 294 g/mol. The van der Waals surface area contributed by atoms with E-state index in [0.29, 0.717) is 6.04 Å². The molecule has 0 fully saturated rings. The van der Waals surface area contributed by atoms with Crippen molar-refractivity contribution in [3.8, 4) is 11.5 Å². The van der Waals surface area contributed by atoms with Crippen LogP contribution < -0.4 is 15.2 Å². The summed E-state index contributed by atoms with van der Waals surface area (Å²) in [6, 6.07) is 4.28. The van der Waals surface area contributed by atoms with Gasteiger partial charge in [0.1, 0.15) is 11.5 Å². The van der Waals surface area contributed by atoms with E-state index >= 15 is 0 Å². The maximum absolute atomic E-state index is 5.92. The van der Waals surface area contributed by atoms with Gasteiger partial charge in [0.2, 0.25) is 0 Å². The van der Waals surface area contributed by atoms with Crippen molar-refractivity contribution in [3.63, 3.8) is 0 Å². The van der Waals surface area contributed by atoms with E-state index in [0.717, 1.165) is 41.7 Å². The Balaban J connectivity index is 2.72. The molecule has 1 rings (SSSR count). The molecule has 0 saturated heterocycles. The Morgan fingerprint density at radius 3 is 2.44 bits per heavy atom. The molecule has 0 radical (unpaired) electrons. The highest BCUT2D eigenvalue weighted by molar-refractivity contribution is 9.10. The Hall–Kier alpha value is -0.740. The number of methoxy groups -OCH3 is 2. The van der Waals surface area contributed by atoms with Crippen molar-refractivity contribution in [2.24, 2.45) is 5.73 Å². The third-order valence-corrected chi connectivity index (χ3v) is 3.72. The van der Waals surface area contributed by atoms with Gasteiger partial charge in [-0.05, 0) is 53.2 Å². The summed E-state index contributed by atoms with van der Waals surface area (Å²) in [5.41, 5.74) is 7.11. The quantitative estimate of drug-likeness (QED) is 0.837. The van der Waals surface area contributed by atoms with Crippen molar-refractivity contribution >= 4 is 15.9 Å². The molecule has 102 valence electrons. The molecular formula is C14H22BrNO2. The van der Waals surface area contributed by atoms with Crippen LogP contribution in [-0.2, 0) is 6.42 Å². The lowest BCUT2D eigenvalue weighted by atomic mass is 10.0. The summed E-state index contributed by atoms with van der Waals surface area (Å²) in [7, 11) is 3.34. The number of hydrogen-bond acceptors (Lipinski definition) is 3. The van der Waals surface area contributed by atoms with Crippen LogP contribution >= 0.6 is 15.9 Å². The van der Waals surface area contributed by atoms with Gasteiger partial charge < -0.3 is 15.2 Å². The molecule has 0 aliphatic rings. The lowest BCUT2D eigenvalue weighted by Crippen LogP contribution is -2.18. The summed E-state index contributed by atoms with van der Waals surface area (Å²) in [5, 5.41) is 0. The average Bonchev–Trinajstić information content (AvgIpc) is 2.38. The SMILES string of the molecule is CCC(N)CCCc1cc(Br)c(OC)cc1OC. The molecule has 0 heterocycles. The first-order chi connectivity index (χ1) is 8.62. The number of nitrogens with two attached hydrogens (primary N) is 1. The van der Waals surface area contributed by atoms with Crippen LogP contribution in [0.5, 0.6) is 11.5 Å². The van der Waals surface area contributed by atoms with E-state index in [1.807, 2.05) is 6.07 Å². The number of ether oxygens (including phenoxy) is 2. The van der Waals surface area contributed by atoms with Gasteiger partial charge in [-0.15, -0.1) is 0 Å². The highest BCUT2D eigenvalue weighted by Crippen LogP contribution is 2.33. The van der Waals surface area contributed by atoms with Crippen molar-refractivity contribution < 1.29 is 9.47 Å². The van der Waals surface area contributed by atoms with Gasteiger partial charge >= 0.3 is 0 Å². The first kappa shape index (κ1) is 15.3. The smallest absolute Gasteiger partial charge is 0.136 e. The van der Waals surface area contributed by atoms with Crippen LogP contribution in [0.3, 0.4) is 0 Å². The van der Waals surface area contributed by atoms with Gasteiger partial charge in [0.25, 0.3) is 0 Å². The third-order valence-electron chi connectivity index (χ3n) is 3.10. The van der Waals surface area contributed by atoms with Crippen molar-refractivity contribution in [2.75, 3.05) is 14.2 Å². The van der Waals surface area contributed by atoms with Crippen LogP contribution in [0.2, 0.25) is 0 Å². The van der Waals surface area contributed by atoms with Crippen LogP contribution in [0.4, 0.5) is 0 Å². The van der Waals surface area contributed by atoms with E-state index in [9.17, 15) is 0 Å². The fourth-order valence-corrected chi connectivity index (χ4v) is 2.43. The predicted octanol–water partition coefficient (Wildman–Crippen LogP) is 3.53. The number of aryl methyl sites for hydroxylation is 1. The predicted molar refractivity (Wildman–Crippen MR) is 78.5 cm³/mol. The second kappa shape index (κ2) is 7.64. The van der Waals surface area contributed by atoms with Crippen molar-refractivity contribution in [2.45, 2.75) is 38.6 Å². The lowest BCUT2D eigenvalue weighted by Gasteiger charge is -2.13. The second-order valence-corrected chi connectivity index (χ2v) is 5.21. The van der Waals surface area contributed by atoms with Crippen LogP contribution in [0, 0.1) is 0 Å². The Morgan fingerprint density at radius 2 is 1.89 bits per heavy atom. The molecule has 18 heavy (non-hydrogen) atoms. The summed E-state index contributed by atoms with van der Waals surface area (Å²) < 4.78 is 11.6. The second-order valence-electron chi connectivity index (χ2n) is 4.36. The molecule has 1 aromatic carbocycles. The van der Waals surface area contributed by atoms with Crippen molar-refractivity contribution in [3.05, 3.63) is 22.2 Å². The first-order valence-corrected chi connectivity index (χ1v) is 7.07. The van der Waals surface area contributed by atoms with Gasteiger partial charge in [-0.2, -0.15) is 0 Å². The van der Waals surface area contributed by atoms with Gasteiger partial charge in [0.05, 0.1) is 18.7 Å². The van der Waals surface area contributed by atoms with E-state index in [4.69, 9.17) is 15.2 Å². The summed E-state index contributed by atoms with van der Waals surface area (Å²) in [6.07, 6.45) is 4.12. The molecule has 0 aliphatic carbocycles. The van der Waals surface area contributed by atoms with Crippen molar-refractivity contribution in [1.29, 1.82) is 0 Å². The van der Waals surface area contributed by atoms with E-state index in [1.165, 1.54) is 5.56 Å². The molecule has 0 spiro atoms. The van der Waals surface area contributed by atoms with E-state index < -0.39 is 0 Å². The number of benzene rings is 1. The zero-order valence-corrected chi connectivity index (χ0v) is 12.9. The van der Waals surface area contributed by atoms with Crippen LogP contribution in [-0.4, -0.2) is 20.3 Å². The molecule has 1 atom stereocenters. The standard InChI is InChI=1S/C14H22BrNO2/c1-4-11(16)7-5-6-10-8-12(15)14(18-3)9-13(10)17-2/h8-9,11H,4-7,16H2,1-3H3. The largest absolute Gasteiger partial charge is 0.496 e. The van der Waals surface area contributed by atoms with Crippen molar-refractivity contribution in [1.82, 2.24) is 0 Å². The molecule has 2 N–H and O–H groups in total. The molecule has 0 bridgehead atoms. The van der Waals surface area contributed by atoms with Gasteiger partial charge in [-0.1, -0.05) is 6.92 Å². The highest BCUT2D eigenvalue weighted by Gasteiger charge is 2.10. The Bertz CT molecular complexity index is 382. The Kier molecular flexibility index (Phi) is 6.50. The summed E-state index contributed by atoms with van der Waals surface area (Å²) in [4.78, 5) is 0. The number of hydrogen-bond donors (Lipinski definition) is 1. The van der Waals surface area contributed by atoms with Gasteiger partial charge in [-0.25, -0.2) is 0 Å². The monoisotopic (exact) mass is 315 g/mol. The van der Waals surface area contributed by atoms with E-state index in [1.54, 1.807) is 14.2 Å². The third kappa shape index (κ3) is 4.18. The minimum absolute atomic E-state index is 0.303. The normalized spacial score (nSPS) is 12.3. The molecule has 3 nitrogen and oxygen atoms in total. The topological polar surface area (TPSA) is 44.5 Å². The highest BCUT2D eigenvalue weighted by atomic mass is 79.9. The fourth-order valence-electron chi connectivity index (χ4n) is 1.88. The molecule has 4 heteroatoms. The number of rotatable bonds is 7. The van der Waals surface area contributed by atoms with Gasteiger partial charge in [0, 0.05) is 12.1 Å². The molecule has 0 amide bonds. The zero-order chi connectivity index (χ0) is 13.5. The molecule has 1 unspecified atom stereocenters. The minimum atomic E-state index is 0.303. The van der Waals surface area contributed by atoms with Gasteiger partial charge in [0.15, 0.2) is 0 Å². The fraction of sp³-hybridized carbons (Fsp3) is 0.571. The molecule has 0 saturated carbocycles. The summed E-state index contributed by atoms with van der Waals surface area (Å²) in [5.74, 6) is 1.67. The molecule has 0 aliphatic heterocycles. The Morgan fingerprint density at radius 1 is 1.22 bits per heavy atom. The van der Waals surface area contributed by atoms with E-state index in [2.05, 4.69) is 28.9 Å². The molecule has 1 aromatic rings. The lowest BCUT2D eigenvalue weighted by molar-refractivity contribution is 0.388.